The molecule has 6 nitrogen and oxygen atoms in total. The van der Waals surface area contributed by atoms with Crippen molar-refractivity contribution in [2.45, 2.75) is 37.4 Å². The number of nitrogens with zero attached hydrogens (tertiary/aromatic N) is 2. The Morgan fingerprint density at radius 1 is 1.33 bits per heavy atom. The van der Waals surface area contributed by atoms with Gasteiger partial charge in [0.25, 0.3) is 0 Å². The Hall–Kier alpha value is -1.76. The lowest BCUT2D eigenvalue weighted by Gasteiger charge is -2.28. The summed E-state index contributed by atoms with van der Waals surface area (Å²) in [4.78, 5) is 0. The molecule has 0 bridgehead atoms. The van der Waals surface area contributed by atoms with E-state index >= 15 is 0 Å². The average Bonchev–Trinajstić information content (AvgIpc) is 2.54. The van der Waals surface area contributed by atoms with Crippen LogP contribution in [0.3, 0.4) is 0 Å². The second-order valence-corrected chi connectivity index (χ2v) is 7.55. The van der Waals surface area contributed by atoms with Crippen molar-refractivity contribution >= 4 is 21.5 Å². The Balaban J connectivity index is 2.28. The van der Waals surface area contributed by atoms with Gasteiger partial charge in [-0.25, -0.2) is 8.42 Å². The summed E-state index contributed by atoms with van der Waals surface area (Å²) in [5, 5.41) is 11.3. The van der Waals surface area contributed by atoms with E-state index in [2.05, 4.69) is 5.16 Å². The number of sulfonamides is 1. The first-order valence-corrected chi connectivity index (χ1v) is 8.53. The predicted molar refractivity (Wildman–Crippen MR) is 83.1 cm³/mol. The lowest BCUT2D eigenvalue weighted by molar-refractivity contribution is 0.318. The first-order chi connectivity index (χ1) is 9.96. The third kappa shape index (κ3) is 3.29. The first kappa shape index (κ1) is 15.6. The molecule has 1 saturated carbocycles. The van der Waals surface area contributed by atoms with Crippen LogP contribution in [0.15, 0.2) is 29.4 Å². The van der Waals surface area contributed by atoms with Gasteiger partial charge in [0.05, 0.1) is 10.9 Å². The number of oxime groups is 1. The van der Waals surface area contributed by atoms with Gasteiger partial charge in [-0.15, -0.1) is 0 Å². The summed E-state index contributed by atoms with van der Waals surface area (Å²) >= 11 is 0. The maximum atomic E-state index is 12.7. The monoisotopic (exact) mass is 311 g/mol. The van der Waals surface area contributed by atoms with Gasteiger partial charge in [0.15, 0.2) is 5.84 Å². The molecule has 0 atom stereocenters. The number of benzene rings is 1. The molecule has 2 rings (SSSR count). The zero-order valence-electron chi connectivity index (χ0n) is 12.1. The summed E-state index contributed by atoms with van der Waals surface area (Å²) < 4.78 is 26.6. The van der Waals surface area contributed by atoms with Gasteiger partial charge in [0, 0.05) is 12.6 Å². The van der Waals surface area contributed by atoms with Crippen molar-refractivity contribution in [2.24, 2.45) is 10.9 Å². The number of hydrogen-bond acceptors (Lipinski definition) is 4. The van der Waals surface area contributed by atoms with E-state index in [0.29, 0.717) is 24.1 Å². The Kier molecular flexibility index (Phi) is 4.72. The SMILES string of the molecule is CN(c1cccc(C(N)=NO)c1)S(=O)(=O)C1CCCCC1. The largest absolute Gasteiger partial charge is 0.409 e. The fourth-order valence-corrected chi connectivity index (χ4v) is 4.44. The molecule has 1 aromatic rings. The van der Waals surface area contributed by atoms with Crippen LogP contribution in [0.25, 0.3) is 0 Å². The van der Waals surface area contributed by atoms with Crippen LogP contribution in [0, 0.1) is 0 Å². The lowest BCUT2D eigenvalue weighted by Crippen LogP contribution is -2.37. The van der Waals surface area contributed by atoms with Crippen molar-refractivity contribution in [1.29, 1.82) is 0 Å². The highest BCUT2D eigenvalue weighted by Crippen LogP contribution is 2.28. The second-order valence-electron chi connectivity index (χ2n) is 5.31. The van der Waals surface area contributed by atoms with Gasteiger partial charge in [0.1, 0.15) is 0 Å². The molecule has 0 radical (unpaired) electrons. The van der Waals surface area contributed by atoms with Crippen LogP contribution in [0.5, 0.6) is 0 Å². The molecule has 7 heteroatoms. The minimum atomic E-state index is -3.37. The summed E-state index contributed by atoms with van der Waals surface area (Å²) in [5.41, 5.74) is 6.55. The molecule has 1 aliphatic carbocycles. The van der Waals surface area contributed by atoms with Crippen molar-refractivity contribution in [3.63, 3.8) is 0 Å². The van der Waals surface area contributed by atoms with Crippen LogP contribution in [-0.2, 0) is 10.0 Å². The summed E-state index contributed by atoms with van der Waals surface area (Å²) in [6, 6.07) is 6.67. The lowest BCUT2D eigenvalue weighted by atomic mass is 10.0. The molecule has 0 aliphatic heterocycles. The van der Waals surface area contributed by atoms with Crippen LogP contribution in [0.1, 0.15) is 37.7 Å². The number of rotatable bonds is 4. The summed E-state index contributed by atoms with van der Waals surface area (Å²) in [7, 11) is -1.82. The zero-order chi connectivity index (χ0) is 15.5. The minimum absolute atomic E-state index is 0.0414. The molecule has 0 spiro atoms. The fourth-order valence-electron chi connectivity index (χ4n) is 2.65. The molecule has 116 valence electrons. The van der Waals surface area contributed by atoms with Crippen LogP contribution in [0.4, 0.5) is 5.69 Å². The Bertz CT molecular complexity index is 622. The van der Waals surface area contributed by atoms with Gasteiger partial charge in [0.2, 0.25) is 10.0 Å². The molecular formula is C14H21N3O3S. The number of amidine groups is 1. The molecule has 0 unspecified atom stereocenters. The smallest absolute Gasteiger partial charge is 0.237 e. The quantitative estimate of drug-likeness (QED) is 0.384. The molecule has 1 aromatic carbocycles. The second kappa shape index (κ2) is 6.34. The third-order valence-electron chi connectivity index (χ3n) is 3.97. The third-order valence-corrected chi connectivity index (χ3v) is 6.26. The van der Waals surface area contributed by atoms with E-state index in [1.807, 2.05) is 0 Å². The van der Waals surface area contributed by atoms with Gasteiger partial charge < -0.3 is 10.9 Å². The molecule has 1 aliphatic rings. The van der Waals surface area contributed by atoms with Crippen molar-refractivity contribution in [3.8, 4) is 0 Å². The maximum absolute atomic E-state index is 12.7. The van der Waals surface area contributed by atoms with E-state index in [1.54, 1.807) is 31.3 Å². The number of nitrogens with two attached hydrogens (primary N) is 1. The normalized spacial score (nSPS) is 17.7. The molecule has 0 amide bonds. The van der Waals surface area contributed by atoms with Crippen molar-refractivity contribution in [1.82, 2.24) is 0 Å². The van der Waals surface area contributed by atoms with Gasteiger partial charge >= 0.3 is 0 Å². The summed E-state index contributed by atoms with van der Waals surface area (Å²) in [6.07, 6.45) is 4.46. The predicted octanol–water partition coefficient (Wildman–Crippen LogP) is 1.88. The summed E-state index contributed by atoms with van der Waals surface area (Å²) in [5.74, 6) is -0.0414. The standard InChI is InChI=1S/C14H21N3O3S/c1-17(21(19,20)13-8-3-2-4-9-13)12-7-5-6-11(10-12)14(15)16-18/h5-7,10,13,18H,2-4,8-9H2,1H3,(H2,15,16). The highest BCUT2D eigenvalue weighted by atomic mass is 32.2. The van der Waals surface area contributed by atoms with E-state index < -0.39 is 10.0 Å². The molecule has 0 saturated heterocycles. The molecule has 1 fully saturated rings. The number of anilines is 1. The van der Waals surface area contributed by atoms with E-state index in [0.717, 1.165) is 19.3 Å². The first-order valence-electron chi connectivity index (χ1n) is 7.02. The maximum Gasteiger partial charge on any atom is 0.237 e. The van der Waals surface area contributed by atoms with Gasteiger partial charge in [-0.1, -0.05) is 36.6 Å². The van der Waals surface area contributed by atoms with Crippen molar-refractivity contribution in [2.75, 3.05) is 11.4 Å². The molecule has 3 N–H and O–H groups in total. The summed E-state index contributed by atoms with van der Waals surface area (Å²) in [6.45, 7) is 0. The van der Waals surface area contributed by atoms with E-state index in [9.17, 15) is 8.42 Å². The van der Waals surface area contributed by atoms with Crippen LogP contribution >= 0.6 is 0 Å². The van der Waals surface area contributed by atoms with Crippen LogP contribution in [0.2, 0.25) is 0 Å². The van der Waals surface area contributed by atoms with E-state index in [-0.39, 0.29) is 11.1 Å². The van der Waals surface area contributed by atoms with Gasteiger partial charge in [-0.3, -0.25) is 4.31 Å². The van der Waals surface area contributed by atoms with Crippen LogP contribution in [-0.4, -0.2) is 31.8 Å². The van der Waals surface area contributed by atoms with Crippen molar-refractivity contribution < 1.29 is 13.6 Å². The molecular weight excluding hydrogens is 290 g/mol. The zero-order valence-corrected chi connectivity index (χ0v) is 12.9. The topological polar surface area (TPSA) is 96.0 Å². The Morgan fingerprint density at radius 2 is 2.00 bits per heavy atom. The fraction of sp³-hybridized carbons (Fsp3) is 0.500. The average molecular weight is 311 g/mol. The van der Waals surface area contributed by atoms with Gasteiger partial charge in [-0.2, -0.15) is 0 Å². The molecule has 0 aromatic heterocycles. The van der Waals surface area contributed by atoms with E-state index in [4.69, 9.17) is 10.9 Å². The molecule has 0 heterocycles. The Morgan fingerprint density at radius 3 is 2.62 bits per heavy atom. The number of hydrogen-bond donors (Lipinski definition) is 2. The van der Waals surface area contributed by atoms with E-state index in [1.165, 1.54) is 4.31 Å². The minimum Gasteiger partial charge on any atom is -0.409 e. The van der Waals surface area contributed by atoms with Gasteiger partial charge in [-0.05, 0) is 25.0 Å². The Labute approximate surface area is 125 Å². The van der Waals surface area contributed by atoms with Crippen molar-refractivity contribution in [3.05, 3.63) is 29.8 Å². The molecule has 21 heavy (non-hydrogen) atoms. The highest BCUT2D eigenvalue weighted by Gasteiger charge is 2.31. The van der Waals surface area contributed by atoms with Crippen LogP contribution < -0.4 is 10.0 Å². The highest BCUT2D eigenvalue weighted by molar-refractivity contribution is 7.93.